The van der Waals surface area contributed by atoms with Crippen molar-refractivity contribution in [1.29, 1.82) is 0 Å². The SMILES string of the molecule is CNCCN(C)C(=O)c1cc(-c2ccc(Cl)cc2)on1.Cl. The molecule has 2 rings (SSSR count). The minimum absolute atomic E-state index is 0. The monoisotopic (exact) mass is 329 g/mol. The molecule has 7 heteroatoms. The van der Waals surface area contributed by atoms with E-state index in [1.165, 1.54) is 0 Å². The maximum absolute atomic E-state index is 12.1. The van der Waals surface area contributed by atoms with Crippen LogP contribution in [0.15, 0.2) is 34.9 Å². The van der Waals surface area contributed by atoms with Gasteiger partial charge in [-0.25, -0.2) is 0 Å². The van der Waals surface area contributed by atoms with Crippen molar-refractivity contribution in [2.45, 2.75) is 0 Å². The van der Waals surface area contributed by atoms with Crippen LogP contribution in [0.2, 0.25) is 5.02 Å². The molecule has 1 aromatic heterocycles. The smallest absolute Gasteiger partial charge is 0.275 e. The number of halogens is 2. The van der Waals surface area contributed by atoms with Crippen LogP contribution in [-0.2, 0) is 0 Å². The summed E-state index contributed by atoms with van der Waals surface area (Å²) in [6.45, 7) is 1.34. The van der Waals surface area contributed by atoms with Gasteiger partial charge in [-0.3, -0.25) is 4.79 Å². The summed E-state index contributed by atoms with van der Waals surface area (Å²) in [4.78, 5) is 13.7. The molecule has 0 aliphatic rings. The van der Waals surface area contributed by atoms with E-state index < -0.39 is 0 Å². The van der Waals surface area contributed by atoms with Gasteiger partial charge in [-0.05, 0) is 31.3 Å². The molecular formula is C14H17Cl2N3O2. The second-order valence-corrected chi connectivity index (χ2v) is 4.85. The van der Waals surface area contributed by atoms with Crippen molar-refractivity contribution < 1.29 is 9.32 Å². The number of hydrogen-bond donors (Lipinski definition) is 1. The molecule has 0 fully saturated rings. The fourth-order valence-electron chi connectivity index (χ4n) is 1.70. The second kappa shape index (κ2) is 8.02. The highest BCUT2D eigenvalue weighted by Gasteiger charge is 2.17. The summed E-state index contributed by atoms with van der Waals surface area (Å²) in [6.07, 6.45) is 0. The normalized spacial score (nSPS) is 10.0. The Kier molecular flexibility index (Phi) is 6.68. The molecule has 0 aliphatic heterocycles. The van der Waals surface area contributed by atoms with Gasteiger partial charge in [0.2, 0.25) is 0 Å². The van der Waals surface area contributed by atoms with E-state index in [1.54, 1.807) is 30.1 Å². The number of hydrogen-bond acceptors (Lipinski definition) is 4. The highest BCUT2D eigenvalue weighted by atomic mass is 35.5. The first-order chi connectivity index (χ1) is 9.61. The summed E-state index contributed by atoms with van der Waals surface area (Å²) in [6, 6.07) is 8.81. The van der Waals surface area contributed by atoms with Crippen LogP contribution < -0.4 is 5.32 Å². The number of nitrogens with zero attached hydrogens (tertiary/aromatic N) is 2. The Morgan fingerprint density at radius 1 is 1.38 bits per heavy atom. The summed E-state index contributed by atoms with van der Waals surface area (Å²) in [7, 11) is 3.57. The lowest BCUT2D eigenvalue weighted by molar-refractivity contribution is 0.0786. The van der Waals surface area contributed by atoms with Gasteiger partial charge < -0.3 is 14.7 Å². The van der Waals surface area contributed by atoms with E-state index in [0.29, 0.717) is 23.0 Å². The zero-order chi connectivity index (χ0) is 14.5. The van der Waals surface area contributed by atoms with Crippen molar-refractivity contribution in [3.63, 3.8) is 0 Å². The van der Waals surface area contributed by atoms with Gasteiger partial charge in [0, 0.05) is 36.8 Å². The van der Waals surface area contributed by atoms with Crippen LogP contribution in [0.25, 0.3) is 11.3 Å². The molecule has 5 nitrogen and oxygen atoms in total. The Morgan fingerprint density at radius 3 is 2.67 bits per heavy atom. The minimum Gasteiger partial charge on any atom is -0.355 e. The van der Waals surface area contributed by atoms with Gasteiger partial charge in [0.25, 0.3) is 5.91 Å². The topological polar surface area (TPSA) is 58.4 Å². The van der Waals surface area contributed by atoms with E-state index in [2.05, 4.69) is 10.5 Å². The molecule has 114 valence electrons. The van der Waals surface area contributed by atoms with E-state index in [-0.39, 0.29) is 18.3 Å². The highest BCUT2D eigenvalue weighted by Crippen LogP contribution is 2.22. The lowest BCUT2D eigenvalue weighted by Crippen LogP contribution is -2.32. The lowest BCUT2D eigenvalue weighted by atomic mass is 10.1. The second-order valence-electron chi connectivity index (χ2n) is 4.41. The molecule has 0 saturated heterocycles. The molecule has 0 radical (unpaired) electrons. The number of carbonyl (C=O) groups excluding carboxylic acids is 1. The Hall–Kier alpha value is -1.56. The van der Waals surface area contributed by atoms with Gasteiger partial charge >= 0.3 is 0 Å². The van der Waals surface area contributed by atoms with Crippen LogP contribution in [0, 0.1) is 0 Å². The van der Waals surface area contributed by atoms with Crippen molar-refractivity contribution >= 4 is 29.9 Å². The van der Waals surface area contributed by atoms with Crippen LogP contribution >= 0.6 is 24.0 Å². The molecule has 2 aromatic rings. The average molecular weight is 330 g/mol. The maximum atomic E-state index is 12.1. The average Bonchev–Trinajstić information content (AvgIpc) is 2.94. The van der Waals surface area contributed by atoms with Crippen LogP contribution in [0.1, 0.15) is 10.5 Å². The molecule has 21 heavy (non-hydrogen) atoms. The first-order valence-corrected chi connectivity index (χ1v) is 6.62. The van der Waals surface area contributed by atoms with Crippen LogP contribution in [0.5, 0.6) is 0 Å². The van der Waals surface area contributed by atoms with Crippen molar-refractivity contribution in [3.8, 4) is 11.3 Å². The van der Waals surface area contributed by atoms with Gasteiger partial charge in [-0.1, -0.05) is 16.8 Å². The minimum atomic E-state index is -0.163. The summed E-state index contributed by atoms with van der Waals surface area (Å²) in [5, 5.41) is 7.46. The van der Waals surface area contributed by atoms with E-state index in [0.717, 1.165) is 12.1 Å². The Morgan fingerprint density at radius 2 is 2.05 bits per heavy atom. The molecule has 0 saturated carbocycles. The van der Waals surface area contributed by atoms with Crippen molar-refractivity contribution in [2.75, 3.05) is 27.2 Å². The Labute approximate surface area is 134 Å². The first-order valence-electron chi connectivity index (χ1n) is 6.24. The summed E-state index contributed by atoms with van der Waals surface area (Å²) >= 11 is 5.83. The number of likely N-dealkylation sites (N-methyl/N-ethyl adjacent to an activating group) is 2. The molecule has 0 bridgehead atoms. The van der Waals surface area contributed by atoms with Crippen molar-refractivity contribution in [2.24, 2.45) is 0 Å². The first kappa shape index (κ1) is 17.5. The number of carbonyl (C=O) groups is 1. The van der Waals surface area contributed by atoms with Crippen molar-refractivity contribution in [3.05, 3.63) is 41.0 Å². The van der Waals surface area contributed by atoms with E-state index in [1.807, 2.05) is 19.2 Å². The number of amides is 1. The number of aromatic nitrogens is 1. The van der Waals surface area contributed by atoms with Crippen molar-refractivity contribution in [1.82, 2.24) is 15.4 Å². The summed E-state index contributed by atoms with van der Waals surface area (Å²) in [5.74, 6) is 0.385. The largest absolute Gasteiger partial charge is 0.355 e. The molecule has 0 aliphatic carbocycles. The molecule has 0 unspecified atom stereocenters. The number of rotatable bonds is 5. The van der Waals surface area contributed by atoms with E-state index in [9.17, 15) is 4.79 Å². The number of nitrogens with one attached hydrogen (secondary N) is 1. The summed E-state index contributed by atoms with van der Waals surface area (Å²) < 4.78 is 5.21. The summed E-state index contributed by atoms with van der Waals surface area (Å²) in [5.41, 5.74) is 1.13. The molecule has 1 aromatic carbocycles. The van der Waals surface area contributed by atoms with Gasteiger partial charge in [-0.2, -0.15) is 0 Å². The molecule has 0 spiro atoms. The van der Waals surface area contributed by atoms with Gasteiger partial charge in [0.15, 0.2) is 11.5 Å². The fraction of sp³-hybridized carbons (Fsp3) is 0.286. The molecule has 0 atom stereocenters. The highest BCUT2D eigenvalue weighted by molar-refractivity contribution is 6.30. The van der Waals surface area contributed by atoms with E-state index in [4.69, 9.17) is 16.1 Å². The predicted molar refractivity (Wildman–Crippen MR) is 85.1 cm³/mol. The third kappa shape index (κ3) is 4.46. The molecule has 1 heterocycles. The third-order valence-electron chi connectivity index (χ3n) is 2.90. The van der Waals surface area contributed by atoms with Crippen LogP contribution in [0.3, 0.4) is 0 Å². The maximum Gasteiger partial charge on any atom is 0.275 e. The van der Waals surface area contributed by atoms with Gasteiger partial charge in [-0.15, -0.1) is 12.4 Å². The van der Waals surface area contributed by atoms with Crippen LogP contribution in [0.4, 0.5) is 0 Å². The Balaban J connectivity index is 0.00000220. The van der Waals surface area contributed by atoms with Crippen LogP contribution in [-0.4, -0.2) is 43.1 Å². The zero-order valence-corrected chi connectivity index (χ0v) is 13.4. The van der Waals surface area contributed by atoms with E-state index >= 15 is 0 Å². The zero-order valence-electron chi connectivity index (χ0n) is 11.8. The third-order valence-corrected chi connectivity index (χ3v) is 3.15. The molecule has 1 N–H and O–H groups in total. The lowest BCUT2D eigenvalue weighted by Gasteiger charge is -2.14. The van der Waals surface area contributed by atoms with Gasteiger partial charge in [0.05, 0.1) is 0 Å². The molecular weight excluding hydrogens is 313 g/mol. The molecule has 1 amide bonds. The van der Waals surface area contributed by atoms with Gasteiger partial charge in [0.1, 0.15) is 0 Å². The predicted octanol–water partition coefficient (Wildman–Crippen LogP) is 2.71. The quantitative estimate of drug-likeness (QED) is 0.916. The Bertz CT molecular complexity index is 584. The standard InChI is InChI=1S/C14H16ClN3O2.ClH/c1-16-7-8-18(2)14(19)12-9-13(20-17-12)10-3-5-11(15)6-4-10;/h3-6,9,16H,7-8H2,1-2H3;1H. The fourth-order valence-corrected chi connectivity index (χ4v) is 1.83. The number of benzene rings is 1.